The molecule has 4 aromatic rings. The van der Waals surface area contributed by atoms with E-state index in [1.54, 1.807) is 0 Å². The standard InChI is InChI=1S/C21H18N2OS2/c1-2-5-15(6-3-1)17-13-22-20(24-17)14-23-10-8-18-16(9-12-26-18)21(23)19-7-4-11-25-19/h1-7,9,11-13,21H,8,10,14H2. The van der Waals surface area contributed by atoms with Gasteiger partial charge in [0.25, 0.3) is 0 Å². The van der Waals surface area contributed by atoms with Gasteiger partial charge < -0.3 is 4.42 Å². The highest BCUT2D eigenvalue weighted by atomic mass is 32.1. The Balaban J connectivity index is 1.44. The van der Waals surface area contributed by atoms with Gasteiger partial charge in [-0.25, -0.2) is 4.98 Å². The summed E-state index contributed by atoms with van der Waals surface area (Å²) in [6.07, 6.45) is 2.94. The third-order valence-electron chi connectivity index (χ3n) is 4.83. The molecule has 1 atom stereocenters. The average molecular weight is 379 g/mol. The zero-order chi connectivity index (χ0) is 17.3. The minimum Gasteiger partial charge on any atom is -0.439 e. The monoisotopic (exact) mass is 378 g/mol. The number of oxazole rings is 1. The van der Waals surface area contributed by atoms with Crippen LogP contribution < -0.4 is 0 Å². The first kappa shape index (κ1) is 16.0. The van der Waals surface area contributed by atoms with E-state index in [4.69, 9.17) is 4.42 Å². The summed E-state index contributed by atoms with van der Waals surface area (Å²) in [4.78, 5) is 9.93. The van der Waals surface area contributed by atoms with E-state index < -0.39 is 0 Å². The Labute approximate surface area is 160 Å². The third-order valence-corrected chi connectivity index (χ3v) is 6.75. The molecule has 130 valence electrons. The summed E-state index contributed by atoms with van der Waals surface area (Å²) in [6, 6.07) is 17.1. The molecule has 0 spiro atoms. The maximum absolute atomic E-state index is 6.06. The van der Waals surface area contributed by atoms with Crippen molar-refractivity contribution in [2.75, 3.05) is 6.54 Å². The molecule has 5 heteroatoms. The van der Waals surface area contributed by atoms with Gasteiger partial charge in [0.05, 0.1) is 18.8 Å². The van der Waals surface area contributed by atoms with E-state index in [0.29, 0.717) is 6.04 Å². The number of aromatic nitrogens is 1. The highest BCUT2D eigenvalue weighted by Crippen LogP contribution is 2.40. The van der Waals surface area contributed by atoms with Crippen LogP contribution in [-0.2, 0) is 13.0 Å². The molecule has 0 radical (unpaired) electrons. The van der Waals surface area contributed by atoms with Crippen molar-refractivity contribution in [1.82, 2.24) is 9.88 Å². The van der Waals surface area contributed by atoms with Crippen molar-refractivity contribution < 1.29 is 4.42 Å². The fourth-order valence-corrected chi connectivity index (χ4v) is 5.39. The van der Waals surface area contributed by atoms with Gasteiger partial charge >= 0.3 is 0 Å². The van der Waals surface area contributed by atoms with Gasteiger partial charge in [-0.3, -0.25) is 4.90 Å². The number of rotatable bonds is 4. The van der Waals surface area contributed by atoms with E-state index >= 15 is 0 Å². The van der Waals surface area contributed by atoms with Crippen LogP contribution in [0.15, 0.2) is 69.9 Å². The summed E-state index contributed by atoms with van der Waals surface area (Å²) in [5.41, 5.74) is 2.51. The van der Waals surface area contributed by atoms with Crippen molar-refractivity contribution in [3.05, 3.63) is 86.7 Å². The van der Waals surface area contributed by atoms with Gasteiger partial charge in [0, 0.05) is 21.9 Å². The Kier molecular flexibility index (Phi) is 4.21. The minimum absolute atomic E-state index is 0.303. The fraction of sp³-hybridized carbons (Fsp3) is 0.190. The van der Waals surface area contributed by atoms with Gasteiger partial charge in [-0.05, 0) is 34.9 Å². The highest BCUT2D eigenvalue weighted by Gasteiger charge is 2.31. The lowest BCUT2D eigenvalue weighted by Crippen LogP contribution is -2.34. The Morgan fingerprint density at radius 3 is 2.81 bits per heavy atom. The van der Waals surface area contributed by atoms with Crippen LogP contribution in [0.1, 0.15) is 27.3 Å². The number of hydrogen-bond donors (Lipinski definition) is 0. The quantitative estimate of drug-likeness (QED) is 0.462. The molecule has 1 aliphatic rings. The maximum atomic E-state index is 6.06. The molecule has 26 heavy (non-hydrogen) atoms. The first-order chi connectivity index (χ1) is 12.9. The first-order valence-corrected chi connectivity index (χ1v) is 10.5. The van der Waals surface area contributed by atoms with Crippen LogP contribution in [0, 0.1) is 0 Å². The van der Waals surface area contributed by atoms with Crippen molar-refractivity contribution in [3.63, 3.8) is 0 Å². The summed E-state index contributed by atoms with van der Waals surface area (Å²) in [7, 11) is 0. The molecule has 0 amide bonds. The second-order valence-corrected chi connectivity index (χ2v) is 8.40. The first-order valence-electron chi connectivity index (χ1n) is 8.72. The Bertz CT molecular complexity index is 988. The number of nitrogens with zero attached hydrogens (tertiary/aromatic N) is 2. The van der Waals surface area contributed by atoms with Crippen LogP contribution in [0.4, 0.5) is 0 Å². The van der Waals surface area contributed by atoms with Gasteiger partial charge in [0.15, 0.2) is 5.76 Å². The van der Waals surface area contributed by atoms with Gasteiger partial charge in [-0.1, -0.05) is 36.4 Å². The van der Waals surface area contributed by atoms with E-state index in [0.717, 1.165) is 36.7 Å². The summed E-state index contributed by atoms with van der Waals surface area (Å²) in [6.45, 7) is 1.75. The molecule has 0 aliphatic carbocycles. The molecule has 0 saturated carbocycles. The molecule has 0 N–H and O–H groups in total. The van der Waals surface area contributed by atoms with Gasteiger partial charge in [0.2, 0.25) is 5.89 Å². The van der Waals surface area contributed by atoms with Gasteiger partial charge in [0.1, 0.15) is 0 Å². The largest absolute Gasteiger partial charge is 0.439 e. The van der Waals surface area contributed by atoms with E-state index in [1.165, 1.54) is 15.3 Å². The fourth-order valence-electron chi connectivity index (χ4n) is 3.61. The molecule has 0 fully saturated rings. The van der Waals surface area contributed by atoms with Crippen LogP contribution in [0.2, 0.25) is 0 Å². The predicted molar refractivity (Wildman–Crippen MR) is 107 cm³/mol. The molecule has 1 aliphatic heterocycles. The van der Waals surface area contributed by atoms with Crippen LogP contribution >= 0.6 is 22.7 Å². The normalized spacial score (nSPS) is 17.3. The lowest BCUT2D eigenvalue weighted by molar-refractivity contribution is 0.190. The summed E-state index contributed by atoms with van der Waals surface area (Å²) in [5.74, 6) is 1.62. The van der Waals surface area contributed by atoms with Crippen molar-refractivity contribution in [1.29, 1.82) is 0 Å². The van der Waals surface area contributed by atoms with Crippen LogP contribution in [0.25, 0.3) is 11.3 Å². The second kappa shape index (κ2) is 6.83. The van der Waals surface area contributed by atoms with Crippen molar-refractivity contribution >= 4 is 22.7 Å². The Morgan fingerprint density at radius 1 is 1.04 bits per heavy atom. The van der Waals surface area contributed by atoms with Gasteiger partial charge in [-0.15, -0.1) is 22.7 Å². The Hall–Kier alpha value is -2.21. The second-order valence-electron chi connectivity index (χ2n) is 6.42. The number of fused-ring (bicyclic) bond motifs is 1. The summed E-state index contributed by atoms with van der Waals surface area (Å²) >= 11 is 3.70. The molecule has 1 unspecified atom stereocenters. The SMILES string of the molecule is c1ccc(-c2cnc(CN3CCc4sccc4C3c3cccs3)o2)cc1. The lowest BCUT2D eigenvalue weighted by atomic mass is 9.98. The molecule has 3 nitrogen and oxygen atoms in total. The van der Waals surface area contributed by atoms with Crippen LogP contribution in [0.5, 0.6) is 0 Å². The van der Waals surface area contributed by atoms with E-state index in [9.17, 15) is 0 Å². The Morgan fingerprint density at radius 2 is 1.96 bits per heavy atom. The zero-order valence-corrected chi connectivity index (χ0v) is 15.8. The number of hydrogen-bond acceptors (Lipinski definition) is 5. The molecular formula is C21H18N2OS2. The number of thiophene rings is 2. The number of benzene rings is 1. The molecule has 5 rings (SSSR count). The van der Waals surface area contributed by atoms with Crippen molar-refractivity contribution in [3.8, 4) is 11.3 Å². The zero-order valence-electron chi connectivity index (χ0n) is 14.2. The molecule has 1 aromatic carbocycles. The smallest absolute Gasteiger partial charge is 0.209 e. The van der Waals surface area contributed by atoms with E-state index in [-0.39, 0.29) is 0 Å². The molecule has 4 heterocycles. The lowest BCUT2D eigenvalue weighted by Gasteiger charge is -2.34. The molecule has 3 aromatic heterocycles. The predicted octanol–water partition coefficient (Wildman–Crippen LogP) is 5.61. The summed E-state index contributed by atoms with van der Waals surface area (Å²) < 4.78 is 6.06. The molecule has 0 bridgehead atoms. The van der Waals surface area contributed by atoms with Gasteiger partial charge in [-0.2, -0.15) is 0 Å². The topological polar surface area (TPSA) is 29.3 Å². The molecular weight excluding hydrogens is 360 g/mol. The van der Waals surface area contributed by atoms with E-state index in [1.807, 2.05) is 47.1 Å². The van der Waals surface area contributed by atoms with Crippen LogP contribution in [0.3, 0.4) is 0 Å². The minimum atomic E-state index is 0.303. The summed E-state index contributed by atoms with van der Waals surface area (Å²) in [5, 5.41) is 4.38. The van der Waals surface area contributed by atoms with Crippen molar-refractivity contribution in [2.45, 2.75) is 19.0 Å². The van der Waals surface area contributed by atoms with Crippen molar-refractivity contribution in [2.24, 2.45) is 0 Å². The highest BCUT2D eigenvalue weighted by molar-refractivity contribution is 7.10. The van der Waals surface area contributed by atoms with Crippen LogP contribution in [-0.4, -0.2) is 16.4 Å². The molecule has 0 saturated heterocycles. The third kappa shape index (κ3) is 2.92. The average Bonchev–Trinajstić information content (AvgIpc) is 3.44. The van der Waals surface area contributed by atoms with E-state index in [2.05, 4.69) is 51.0 Å². The maximum Gasteiger partial charge on any atom is 0.209 e.